The average Bonchev–Trinajstić information content (AvgIpc) is 2.57. The molecule has 0 radical (unpaired) electrons. The molecule has 2 aromatic heterocycles. The third kappa shape index (κ3) is 3.60. The molecule has 1 aliphatic rings. The molecule has 0 N–H and O–H groups in total. The standard InChI is InChI=1S/C16H20N4S/c1-21-16-18-9-13(10-19-16)12-20-8-3-2-6-15(20)14-5-4-7-17-11-14/h4-5,7,9-11,15H,2-3,6,8,12H2,1H3. The van der Waals surface area contributed by atoms with Crippen molar-refractivity contribution < 1.29 is 0 Å². The zero-order chi connectivity index (χ0) is 14.5. The summed E-state index contributed by atoms with van der Waals surface area (Å²) in [5, 5.41) is 0.834. The number of aromatic nitrogens is 3. The van der Waals surface area contributed by atoms with Gasteiger partial charge in [0.15, 0.2) is 5.16 Å². The molecule has 1 aliphatic heterocycles. The quantitative estimate of drug-likeness (QED) is 0.640. The number of hydrogen-bond acceptors (Lipinski definition) is 5. The molecule has 0 bridgehead atoms. The van der Waals surface area contributed by atoms with Crippen molar-refractivity contribution in [3.8, 4) is 0 Å². The van der Waals surface area contributed by atoms with Crippen LogP contribution in [0.2, 0.25) is 0 Å². The van der Waals surface area contributed by atoms with Gasteiger partial charge in [-0.25, -0.2) is 9.97 Å². The number of rotatable bonds is 4. The Kier molecular flexibility index (Phi) is 4.83. The summed E-state index contributed by atoms with van der Waals surface area (Å²) in [6.45, 7) is 2.04. The van der Waals surface area contributed by atoms with Crippen LogP contribution in [0.5, 0.6) is 0 Å². The molecule has 1 atom stereocenters. The van der Waals surface area contributed by atoms with E-state index >= 15 is 0 Å². The highest BCUT2D eigenvalue weighted by atomic mass is 32.2. The lowest BCUT2D eigenvalue weighted by atomic mass is 9.96. The first kappa shape index (κ1) is 14.5. The second kappa shape index (κ2) is 7.00. The highest BCUT2D eigenvalue weighted by Crippen LogP contribution is 2.31. The van der Waals surface area contributed by atoms with Crippen molar-refractivity contribution >= 4 is 11.8 Å². The van der Waals surface area contributed by atoms with Gasteiger partial charge in [-0.15, -0.1) is 0 Å². The summed E-state index contributed by atoms with van der Waals surface area (Å²) in [7, 11) is 0. The number of hydrogen-bond donors (Lipinski definition) is 0. The van der Waals surface area contributed by atoms with Gasteiger partial charge in [-0.2, -0.15) is 0 Å². The molecule has 0 aromatic carbocycles. The molecule has 110 valence electrons. The Hall–Kier alpha value is -1.46. The minimum absolute atomic E-state index is 0.465. The summed E-state index contributed by atoms with van der Waals surface area (Å²) in [6.07, 6.45) is 13.5. The zero-order valence-electron chi connectivity index (χ0n) is 12.3. The monoisotopic (exact) mass is 300 g/mol. The van der Waals surface area contributed by atoms with Gasteiger partial charge in [0.1, 0.15) is 0 Å². The maximum absolute atomic E-state index is 4.37. The summed E-state index contributed by atoms with van der Waals surface area (Å²) in [5.74, 6) is 0. The molecule has 0 aliphatic carbocycles. The topological polar surface area (TPSA) is 41.9 Å². The fourth-order valence-corrected chi connectivity index (χ4v) is 3.21. The van der Waals surface area contributed by atoms with E-state index in [2.05, 4.69) is 25.9 Å². The minimum Gasteiger partial charge on any atom is -0.292 e. The molecule has 0 saturated carbocycles. The van der Waals surface area contributed by atoms with Gasteiger partial charge in [0, 0.05) is 42.9 Å². The van der Waals surface area contributed by atoms with E-state index in [4.69, 9.17) is 0 Å². The molecule has 1 fully saturated rings. The predicted molar refractivity (Wildman–Crippen MR) is 85.1 cm³/mol. The van der Waals surface area contributed by atoms with E-state index < -0.39 is 0 Å². The van der Waals surface area contributed by atoms with Gasteiger partial charge >= 0.3 is 0 Å². The van der Waals surface area contributed by atoms with Gasteiger partial charge in [-0.3, -0.25) is 9.88 Å². The van der Waals surface area contributed by atoms with Crippen molar-refractivity contribution in [2.75, 3.05) is 12.8 Å². The lowest BCUT2D eigenvalue weighted by Gasteiger charge is -2.35. The smallest absolute Gasteiger partial charge is 0.187 e. The highest BCUT2D eigenvalue weighted by molar-refractivity contribution is 7.98. The Bertz CT molecular complexity index is 558. The summed E-state index contributed by atoms with van der Waals surface area (Å²) in [5.41, 5.74) is 2.50. The van der Waals surface area contributed by atoms with Crippen molar-refractivity contribution in [1.29, 1.82) is 0 Å². The molecule has 3 heterocycles. The Morgan fingerprint density at radius 1 is 1.24 bits per heavy atom. The van der Waals surface area contributed by atoms with Crippen LogP contribution in [0.4, 0.5) is 0 Å². The lowest BCUT2D eigenvalue weighted by molar-refractivity contribution is 0.140. The molecule has 2 aromatic rings. The predicted octanol–water partition coefficient (Wildman–Crippen LogP) is 3.32. The maximum Gasteiger partial charge on any atom is 0.187 e. The van der Waals surface area contributed by atoms with Crippen LogP contribution in [0.25, 0.3) is 0 Å². The molecule has 0 amide bonds. The van der Waals surface area contributed by atoms with Gasteiger partial charge in [0.2, 0.25) is 0 Å². The Morgan fingerprint density at radius 3 is 2.81 bits per heavy atom. The van der Waals surface area contributed by atoms with Crippen LogP contribution >= 0.6 is 11.8 Å². The van der Waals surface area contributed by atoms with Crippen LogP contribution in [-0.2, 0) is 6.54 Å². The molecule has 1 saturated heterocycles. The van der Waals surface area contributed by atoms with Crippen LogP contribution in [-0.4, -0.2) is 32.7 Å². The molecule has 0 spiro atoms. The van der Waals surface area contributed by atoms with Crippen LogP contribution in [0.1, 0.15) is 36.4 Å². The number of pyridine rings is 1. The van der Waals surface area contributed by atoms with E-state index in [1.54, 1.807) is 11.8 Å². The van der Waals surface area contributed by atoms with Gasteiger partial charge in [-0.05, 0) is 37.3 Å². The van der Waals surface area contributed by atoms with Gasteiger partial charge in [0.25, 0.3) is 0 Å². The third-order valence-electron chi connectivity index (χ3n) is 3.93. The highest BCUT2D eigenvalue weighted by Gasteiger charge is 2.24. The Balaban J connectivity index is 1.75. The van der Waals surface area contributed by atoms with Gasteiger partial charge < -0.3 is 0 Å². The zero-order valence-corrected chi connectivity index (χ0v) is 13.1. The van der Waals surface area contributed by atoms with E-state index in [-0.39, 0.29) is 0 Å². The fourth-order valence-electron chi connectivity index (χ4n) is 2.90. The molecule has 5 heteroatoms. The van der Waals surface area contributed by atoms with Crippen molar-refractivity contribution in [1.82, 2.24) is 19.9 Å². The SMILES string of the molecule is CSc1ncc(CN2CCCCC2c2cccnc2)cn1. The number of nitrogens with zero attached hydrogens (tertiary/aromatic N) is 4. The third-order valence-corrected chi connectivity index (χ3v) is 4.51. The van der Waals surface area contributed by atoms with Crippen LogP contribution in [0, 0.1) is 0 Å². The number of likely N-dealkylation sites (tertiary alicyclic amines) is 1. The maximum atomic E-state index is 4.37. The molecule has 3 rings (SSSR count). The molecule has 21 heavy (non-hydrogen) atoms. The first-order chi connectivity index (χ1) is 10.4. The number of thioether (sulfide) groups is 1. The van der Waals surface area contributed by atoms with E-state index in [1.165, 1.54) is 30.4 Å². The van der Waals surface area contributed by atoms with Crippen molar-refractivity contribution in [3.63, 3.8) is 0 Å². The summed E-state index contributed by atoms with van der Waals surface area (Å²) >= 11 is 1.58. The first-order valence-corrected chi connectivity index (χ1v) is 8.58. The Morgan fingerprint density at radius 2 is 2.10 bits per heavy atom. The number of piperidine rings is 1. The summed E-state index contributed by atoms with van der Waals surface area (Å²) < 4.78 is 0. The summed E-state index contributed by atoms with van der Waals surface area (Å²) in [4.78, 5) is 15.5. The van der Waals surface area contributed by atoms with Crippen molar-refractivity contribution in [3.05, 3.63) is 48.0 Å². The minimum atomic E-state index is 0.465. The van der Waals surface area contributed by atoms with E-state index in [0.29, 0.717) is 6.04 Å². The average molecular weight is 300 g/mol. The van der Waals surface area contributed by atoms with E-state index in [1.807, 2.05) is 37.1 Å². The van der Waals surface area contributed by atoms with Crippen LogP contribution < -0.4 is 0 Å². The van der Waals surface area contributed by atoms with Crippen LogP contribution in [0.15, 0.2) is 42.1 Å². The largest absolute Gasteiger partial charge is 0.292 e. The van der Waals surface area contributed by atoms with Gasteiger partial charge in [0.05, 0.1) is 0 Å². The lowest BCUT2D eigenvalue weighted by Crippen LogP contribution is -2.33. The second-order valence-electron chi connectivity index (χ2n) is 5.35. The molecule has 1 unspecified atom stereocenters. The van der Waals surface area contributed by atoms with E-state index in [0.717, 1.165) is 18.2 Å². The Labute approximate surface area is 130 Å². The van der Waals surface area contributed by atoms with E-state index in [9.17, 15) is 0 Å². The second-order valence-corrected chi connectivity index (χ2v) is 6.12. The normalized spacial score (nSPS) is 19.6. The van der Waals surface area contributed by atoms with Crippen molar-refractivity contribution in [2.24, 2.45) is 0 Å². The summed E-state index contributed by atoms with van der Waals surface area (Å²) in [6, 6.07) is 4.68. The van der Waals surface area contributed by atoms with Gasteiger partial charge in [-0.1, -0.05) is 24.2 Å². The first-order valence-electron chi connectivity index (χ1n) is 7.35. The fraction of sp³-hybridized carbons (Fsp3) is 0.438. The molecular weight excluding hydrogens is 280 g/mol. The van der Waals surface area contributed by atoms with Crippen LogP contribution in [0.3, 0.4) is 0 Å². The molecule has 4 nitrogen and oxygen atoms in total. The molecular formula is C16H20N4S. The van der Waals surface area contributed by atoms with Crippen molar-refractivity contribution in [2.45, 2.75) is 37.0 Å².